The average Bonchev–Trinajstić information content (AvgIpc) is 2.85. The lowest BCUT2D eigenvalue weighted by molar-refractivity contribution is -0.142. The highest BCUT2D eigenvalue weighted by atomic mass is 16.4. The maximum atomic E-state index is 11.1. The Labute approximate surface area is 110 Å². The Bertz CT molecular complexity index is 280. The average molecular weight is 253 g/mol. The summed E-state index contributed by atoms with van der Waals surface area (Å²) in [4.78, 5) is 11.1. The summed E-state index contributed by atoms with van der Waals surface area (Å²) in [5, 5.41) is 12.8. The maximum Gasteiger partial charge on any atom is 0.306 e. The first kappa shape index (κ1) is 13.9. The Kier molecular flexibility index (Phi) is 5.04. The highest BCUT2D eigenvalue weighted by Gasteiger charge is 2.33. The number of carboxylic acids is 1. The summed E-state index contributed by atoms with van der Waals surface area (Å²) in [7, 11) is 0. The summed E-state index contributed by atoms with van der Waals surface area (Å²) in [6.07, 6.45) is 9.64. The minimum absolute atomic E-state index is 0.0944. The molecule has 0 spiro atoms. The van der Waals surface area contributed by atoms with Gasteiger partial charge in [-0.2, -0.15) is 0 Å². The van der Waals surface area contributed by atoms with Crippen LogP contribution in [0, 0.1) is 17.8 Å². The maximum absolute atomic E-state index is 11.1. The molecule has 2 fully saturated rings. The third-order valence-corrected chi connectivity index (χ3v) is 5.01. The lowest BCUT2D eigenvalue weighted by atomic mass is 9.84. The second-order valence-electron chi connectivity index (χ2n) is 6.18. The van der Waals surface area contributed by atoms with Gasteiger partial charge in [0.2, 0.25) is 0 Å². The van der Waals surface area contributed by atoms with Gasteiger partial charge in [0.1, 0.15) is 0 Å². The van der Waals surface area contributed by atoms with Gasteiger partial charge in [0.25, 0.3) is 0 Å². The van der Waals surface area contributed by atoms with Gasteiger partial charge in [0.15, 0.2) is 0 Å². The van der Waals surface area contributed by atoms with E-state index in [-0.39, 0.29) is 5.92 Å². The quantitative estimate of drug-likeness (QED) is 0.791. The van der Waals surface area contributed by atoms with Crippen LogP contribution >= 0.6 is 0 Å². The summed E-state index contributed by atoms with van der Waals surface area (Å²) >= 11 is 0. The van der Waals surface area contributed by atoms with Crippen molar-refractivity contribution in [2.75, 3.05) is 6.54 Å². The molecule has 104 valence electrons. The second kappa shape index (κ2) is 6.55. The van der Waals surface area contributed by atoms with Crippen LogP contribution in [-0.2, 0) is 4.79 Å². The predicted octanol–water partition coefficient (Wildman–Crippen LogP) is 3.05. The third kappa shape index (κ3) is 3.47. The zero-order valence-electron chi connectivity index (χ0n) is 11.5. The minimum Gasteiger partial charge on any atom is -0.481 e. The summed E-state index contributed by atoms with van der Waals surface area (Å²) < 4.78 is 0. The molecule has 0 aromatic heterocycles. The van der Waals surface area contributed by atoms with Crippen LogP contribution in [0.4, 0.5) is 0 Å². The van der Waals surface area contributed by atoms with Crippen LogP contribution in [-0.4, -0.2) is 23.7 Å². The molecule has 0 bridgehead atoms. The molecule has 2 rings (SSSR count). The van der Waals surface area contributed by atoms with Crippen molar-refractivity contribution in [1.29, 1.82) is 0 Å². The largest absolute Gasteiger partial charge is 0.481 e. The molecule has 18 heavy (non-hydrogen) atoms. The molecule has 0 saturated heterocycles. The fourth-order valence-electron chi connectivity index (χ4n) is 3.77. The van der Waals surface area contributed by atoms with Crippen LogP contribution in [0.3, 0.4) is 0 Å². The van der Waals surface area contributed by atoms with Crippen molar-refractivity contribution in [3.05, 3.63) is 0 Å². The molecule has 0 aliphatic heterocycles. The van der Waals surface area contributed by atoms with Gasteiger partial charge in [0, 0.05) is 6.04 Å². The molecule has 0 aromatic carbocycles. The van der Waals surface area contributed by atoms with E-state index in [1.54, 1.807) is 0 Å². The SMILES string of the molecule is CCC1CCCC(NCC2CCCC2C(=O)O)C1. The van der Waals surface area contributed by atoms with E-state index in [0.29, 0.717) is 12.0 Å². The number of hydrogen-bond acceptors (Lipinski definition) is 2. The molecule has 0 radical (unpaired) electrons. The van der Waals surface area contributed by atoms with Gasteiger partial charge in [-0.1, -0.05) is 32.6 Å². The molecule has 3 nitrogen and oxygen atoms in total. The number of nitrogens with one attached hydrogen (secondary N) is 1. The van der Waals surface area contributed by atoms with Crippen molar-refractivity contribution >= 4 is 5.97 Å². The molecule has 0 heterocycles. The van der Waals surface area contributed by atoms with Gasteiger partial charge in [-0.25, -0.2) is 0 Å². The zero-order valence-corrected chi connectivity index (χ0v) is 11.5. The third-order valence-electron chi connectivity index (χ3n) is 5.01. The topological polar surface area (TPSA) is 49.3 Å². The van der Waals surface area contributed by atoms with Gasteiger partial charge >= 0.3 is 5.97 Å². The molecule has 3 heteroatoms. The molecular formula is C15H27NO2. The lowest BCUT2D eigenvalue weighted by Gasteiger charge is -2.30. The lowest BCUT2D eigenvalue weighted by Crippen LogP contribution is -2.38. The summed E-state index contributed by atoms with van der Waals surface area (Å²) in [6, 6.07) is 0.638. The van der Waals surface area contributed by atoms with Gasteiger partial charge in [-0.05, 0) is 44.1 Å². The highest BCUT2D eigenvalue weighted by molar-refractivity contribution is 5.70. The van der Waals surface area contributed by atoms with Crippen LogP contribution in [0.2, 0.25) is 0 Å². The fraction of sp³-hybridized carbons (Fsp3) is 0.933. The molecule has 4 unspecified atom stereocenters. The minimum atomic E-state index is -0.589. The number of aliphatic carboxylic acids is 1. The second-order valence-corrected chi connectivity index (χ2v) is 6.18. The van der Waals surface area contributed by atoms with Crippen molar-refractivity contribution in [2.24, 2.45) is 17.8 Å². The first-order valence-electron chi connectivity index (χ1n) is 7.67. The van der Waals surface area contributed by atoms with E-state index in [1.807, 2.05) is 0 Å². The Balaban J connectivity index is 1.75. The first-order chi connectivity index (χ1) is 8.70. The van der Waals surface area contributed by atoms with Gasteiger partial charge in [-0.15, -0.1) is 0 Å². The monoisotopic (exact) mass is 253 g/mol. The van der Waals surface area contributed by atoms with Crippen LogP contribution in [0.15, 0.2) is 0 Å². The van der Waals surface area contributed by atoms with Crippen LogP contribution < -0.4 is 5.32 Å². The standard InChI is InChI=1S/C15H27NO2/c1-2-11-5-3-7-13(9-11)16-10-12-6-4-8-14(12)15(17)18/h11-14,16H,2-10H2,1H3,(H,17,18). The van der Waals surface area contributed by atoms with Crippen LogP contribution in [0.25, 0.3) is 0 Å². The summed E-state index contributed by atoms with van der Waals surface area (Å²) in [6.45, 7) is 3.20. The van der Waals surface area contributed by atoms with Crippen molar-refractivity contribution < 1.29 is 9.90 Å². The number of rotatable bonds is 5. The Morgan fingerprint density at radius 1 is 1.22 bits per heavy atom. The molecule has 2 aliphatic rings. The molecule has 0 amide bonds. The van der Waals surface area contributed by atoms with Crippen molar-refractivity contribution in [2.45, 2.75) is 64.3 Å². The van der Waals surface area contributed by atoms with Gasteiger partial charge in [0.05, 0.1) is 5.92 Å². The molecule has 4 atom stereocenters. The van der Waals surface area contributed by atoms with Gasteiger partial charge < -0.3 is 10.4 Å². The Morgan fingerprint density at radius 2 is 2.00 bits per heavy atom. The number of carbonyl (C=O) groups is 1. The van der Waals surface area contributed by atoms with Crippen molar-refractivity contribution in [3.8, 4) is 0 Å². The normalized spacial score (nSPS) is 36.7. The predicted molar refractivity (Wildman–Crippen MR) is 72.5 cm³/mol. The fourth-order valence-corrected chi connectivity index (χ4v) is 3.77. The molecular weight excluding hydrogens is 226 g/mol. The van der Waals surface area contributed by atoms with Crippen LogP contribution in [0.5, 0.6) is 0 Å². The van der Waals surface area contributed by atoms with Gasteiger partial charge in [-0.3, -0.25) is 4.79 Å². The zero-order chi connectivity index (χ0) is 13.0. The van der Waals surface area contributed by atoms with E-state index in [1.165, 1.54) is 32.1 Å². The van der Waals surface area contributed by atoms with Crippen molar-refractivity contribution in [1.82, 2.24) is 5.32 Å². The van der Waals surface area contributed by atoms with Crippen LogP contribution in [0.1, 0.15) is 58.3 Å². The van der Waals surface area contributed by atoms with Crippen molar-refractivity contribution in [3.63, 3.8) is 0 Å². The van der Waals surface area contributed by atoms with E-state index in [9.17, 15) is 9.90 Å². The Hall–Kier alpha value is -0.570. The summed E-state index contributed by atoms with van der Waals surface area (Å²) in [5.41, 5.74) is 0. The number of carboxylic acid groups (broad SMARTS) is 1. The molecule has 2 saturated carbocycles. The molecule has 2 N–H and O–H groups in total. The first-order valence-corrected chi connectivity index (χ1v) is 7.67. The molecule has 2 aliphatic carbocycles. The Morgan fingerprint density at radius 3 is 2.72 bits per heavy atom. The number of hydrogen-bond donors (Lipinski definition) is 2. The summed E-state index contributed by atoms with van der Waals surface area (Å²) in [5.74, 6) is 0.567. The van der Waals surface area contributed by atoms with E-state index >= 15 is 0 Å². The van der Waals surface area contributed by atoms with E-state index in [2.05, 4.69) is 12.2 Å². The smallest absolute Gasteiger partial charge is 0.306 e. The highest BCUT2D eigenvalue weighted by Crippen LogP contribution is 2.32. The van der Waals surface area contributed by atoms with E-state index in [0.717, 1.165) is 31.7 Å². The molecule has 0 aromatic rings. The van der Waals surface area contributed by atoms with E-state index in [4.69, 9.17) is 0 Å². The van der Waals surface area contributed by atoms with E-state index < -0.39 is 5.97 Å².